The maximum Gasteiger partial charge on any atom is 0.254 e. The highest BCUT2D eigenvalue weighted by Gasteiger charge is 2.27. The van der Waals surface area contributed by atoms with Crippen molar-refractivity contribution in [2.75, 3.05) is 13.1 Å². The van der Waals surface area contributed by atoms with Crippen LogP contribution < -0.4 is 0 Å². The third kappa shape index (κ3) is 2.50. The molecule has 1 atom stereocenters. The van der Waals surface area contributed by atoms with Gasteiger partial charge in [0.25, 0.3) is 5.91 Å². The molecule has 5 heteroatoms. The van der Waals surface area contributed by atoms with Crippen molar-refractivity contribution >= 4 is 17.2 Å². The van der Waals surface area contributed by atoms with Gasteiger partial charge in [0.05, 0.1) is 11.3 Å². The Labute approximate surface area is 123 Å². The third-order valence-electron chi connectivity index (χ3n) is 3.87. The van der Waals surface area contributed by atoms with Crippen molar-refractivity contribution in [1.82, 2.24) is 14.5 Å². The van der Waals surface area contributed by atoms with Crippen molar-refractivity contribution in [3.63, 3.8) is 0 Å². The van der Waals surface area contributed by atoms with Crippen LogP contribution in [0.15, 0.2) is 23.0 Å². The number of amides is 1. The minimum absolute atomic E-state index is 0.155. The Morgan fingerprint density at radius 2 is 2.35 bits per heavy atom. The summed E-state index contributed by atoms with van der Waals surface area (Å²) in [5, 5.41) is 3.88. The molecule has 1 aliphatic rings. The normalized spacial score (nSPS) is 19.3. The molecule has 2 aromatic rings. The number of hydrogen-bond acceptors (Lipinski definition) is 3. The molecular formula is C15H19N3OS. The standard InChI is InChI=1S/C15H19N3OS/c1-11-8-17(2)14(16-11)12-4-3-6-18(9-12)15(19)13-5-7-20-10-13/h5,7-8,10,12H,3-4,6,9H2,1-2H3/t12-/m1/s1. The van der Waals surface area contributed by atoms with E-state index in [0.29, 0.717) is 5.92 Å². The maximum atomic E-state index is 12.4. The number of likely N-dealkylation sites (tertiary alicyclic amines) is 1. The smallest absolute Gasteiger partial charge is 0.254 e. The van der Waals surface area contributed by atoms with Crippen LogP contribution in [0.1, 0.15) is 40.6 Å². The maximum absolute atomic E-state index is 12.4. The van der Waals surface area contributed by atoms with E-state index < -0.39 is 0 Å². The van der Waals surface area contributed by atoms with E-state index in [1.54, 1.807) is 11.3 Å². The molecule has 1 aliphatic heterocycles. The van der Waals surface area contributed by atoms with Gasteiger partial charge in [-0.25, -0.2) is 4.98 Å². The molecule has 3 heterocycles. The Morgan fingerprint density at radius 1 is 1.50 bits per heavy atom. The number of aryl methyl sites for hydroxylation is 2. The summed E-state index contributed by atoms with van der Waals surface area (Å²) in [6, 6.07) is 1.90. The van der Waals surface area contributed by atoms with Gasteiger partial charge in [-0.3, -0.25) is 4.79 Å². The van der Waals surface area contributed by atoms with E-state index in [-0.39, 0.29) is 5.91 Å². The van der Waals surface area contributed by atoms with Gasteiger partial charge in [0, 0.05) is 37.6 Å². The fourth-order valence-corrected chi connectivity index (χ4v) is 3.58. The average molecular weight is 289 g/mol. The van der Waals surface area contributed by atoms with Gasteiger partial charge in [-0.15, -0.1) is 0 Å². The van der Waals surface area contributed by atoms with Crippen LogP contribution in [0.4, 0.5) is 0 Å². The summed E-state index contributed by atoms with van der Waals surface area (Å²) in [6.07, 6.45) is 4.21. The lowest BCUT2D eigenvalue weighted by molar-refractivity contribution is 0.0704. The molecule has 0 spiro atoms. The summed E-state index contributed by atoms with van der Waals surface area (Å²) in [7, 11) is 2.04. The van der Waals surface area contributed by atoms with Crippen LogP contribution in [0.2, 0.25) is 0 Å². The van der Waals surface area contributed by atoms with Crippen LogP contribution in [0.5, 0.6) is 0 Å². The number of carbonyl (C=O) groups is 1. The lowest BCUT2D eigenvalue weighted by Crippen LogP contribution is -2.39. The topological polar surface area (TPSA) is 38.1 Å². The quantitative estimate of drug-likeness (QED) is 0.852. The Balaban J connectivity index is 1.77. The fraction of sp³-hybridized carbons (Fsp3) is 0.467. The molecule has 1 saturated heterocycles. The lowest BCUT2D eigenvalue weighted by atomic mass is 9.96. The van der Waals surface area contributed by atoms with Gasteiger partial charge in [-0.2, -0.15) is 11.3 Å². The minimum Gasteiger partial charge on any atom is -0.338 e. The summed E-state index contributed by atoms with van der Waals surface area (Å²) in [4.78, 5) is 19.0. The number of hydrogen-bond donors (Lipinski definition) is 0. The van der Waals surface area contributed by atoms with Crippen molar-refractivity contribution < 1.29 is 4.79 Å². The van der Waals surface area contributed by atoms with Crippen molar-refractivity contribution in [2.24, 2.45) is 7.05 Å². The van der Waals surface area contributed by atoms with Gasteiger partial charge < -0.3 is 9.47 Å². The molecular weight excluding hydrogens is 270 g/mol. The van der Waals surface area contributed by atoms with Gasteiger partial charge in [0.15, 0.2) is 0 Å². The zero-order valence-electron chi connectivity index (χ0n) is 11.9. The Morgan fingerprint density at radius 3 is 3.00 bits per heavy atom. The molecule has 106 valence electrons. The number of rotatable bonds is 2. The Hall–Kier alpha value is -1.62. The van der Waals surface area contributed by atoms with Gasteiger partial charge in [-0.1, -0.05) is 0 Å². The second-order valence-corrected chi connectivity index (χ2v) is 6.23. The second-order valence-electron chi connectivity index (χ2n) is 5.45. The monoisotopic (exact) mass is 289 g/mol. The molecule has 0 bridgehead atoms. The molecule has 0 unspecified atom stereocenters. The summed E-state index contributed by atoms with van der Waals surface area (Å²) in [5.74, 6) is 1.61. The van der Waals surface area contributed by atoms with Gasteiger partial charge >= 0.3 is 0 Å². The molecule has 20 heavy (non-hydrogen) atoms. The largest absolute Gasteiger partial charge is 0.338 e. The van der Waals surface area contributed by atoms with E-state index in [1.807, 2.05) is 35.7 Å². The van der Waals surface area contributed by atoms with E-state index >= 15 is 0 Å². The molecule has 0 aromatic carbocycles. The summed E-state index contributed by atoms with van der Waals surface area (Å²) < 4.78 is 2.10. The minimum atomic E-state index is 0.155. The van der Waals surface area contributed by atoms with E-state index in [4.69, 9.17) is 0 Å². The predicted molar refractivity (Wildman–Crippen MR) is 80.1 cm³/mol. The highest BCUT2D eigenvalue weighted by molar-refractivity contribution is 7.08. The number of imidazole rings is 1. The van der Waals surface area contributed by atoms with Crippen molar-refractivity contribution in [2.45, 2.75) is 25.7 Å². The lowest BCUT2D eigenvalue weighted by Gasteiger charge is -2.32. The van der Waals surface area contributed by atoms with Crippen LogP contribution in [-0.4, -0.2) is 33.4 Å². The van der Waals surface area contributed by atoms with E-state index in [1.165, 1.54) is 0 Å². The van der Waals surface area contributed by atoms with Gasteiger partial charge in [-0.05, 0) is 31.2 Å². The van der Waals surface area contributed by atoms with Crippen LogP contribution >= 0.6 is 11.3 Å². The molecule has 1 fully saturated rings. The van der Waals surface area contributed by atoms with Crippen LogP contribution in [0.3, 0.4) is 0 Å². The number of nitrogens with zero attached hydrogens (tertiary/aromatic N) is 3. The molecule has 2 aromatic heterocycles. The highest BCUT2D eigenvalue weighted by Crippen LogP contribution is 2.27. The third-order valence-corrected chi connectivity index (χ3v) is 4.56. The molecule has 4 nitrogen and oxygen atoms in total. The SMILES string of the molecule is Cc1cn(C)c([C@@H]2CCCN(C(=O)c3ccsc3)C2)n1. The average Bonchev–Trinajstić information content (AvgIpc) is 3.08. The molecule has 3 rings (SSSR count). The van der Waals surface area contributed by atoms with Crippen LogP contribution in [0, 0.1) is 6.92 Å². The van der Waals surface area contributed by atoms with Crippen LogP contribution in [-0.2, 0) is 7.05 Å². The zero-order valence-corrected chi connectivity index (χ0v) is 12.7. The van der Waals surface area contributed by atoms with E-state index in [0.717, 1.165) is 43.0 Å². The molecule has 0 saturated carbocycles. The summed E-state index contributed by atoms with van der Waals surface area (Å²) >= 11 is 1.57. The first-order valence-electron chi connectivity index (χ1n) is 6.96. The molecule has 0 N–H and O–H groups in total. The number of piperidine rings is 1. The van der Waals surface area contributed by atoms with Gasteiger partial charge in [0.2, 0.25) is 0 Å². The van der Waals surface area contributed by atoms with E-state index in [9.17, 15) is 4.79 Å². The van der Waals surface area contributed by atoms with Crippen molar-refractivity contribution in [3.05, 3.63) is 40.1 Å². The predicted octanol–water partition coefficient (Wildman–Crippen LogP) is 2.81. The second kappa shape index (κ2) is 5.40. The first-order chi connectivity index (χ1) is 9.65. The molecule has 0 aliphatic carbocycles. The highest BCUT2D eigenvalue weighted by atomic mass is 32.1. The number of aromatic nitrogens is 2. The zero-order chi connectivity index (χ0) is 14.1. The van der Waals surface area contributed by atoms with E-state index in [2.05, 4.69) is 15.7 Å². The summed E-state index contributed by atoms with van der Waals surface area (Å²) in [5.41, 5.74) is 1.86. The summed E-state index contributed by atoms with van der Waals surface area (Å²) in [6.45, 7) is 3.65. The molecule has 0 radical (unpaired) electrons. The number of carbonyl (C=O) groups excluding carboxylic acids is 1. The number of thiophene rings is 1. The van der Waals surface area contributed by atoms with Crippen molar-refractivity contribution in [3.8, 4) is 0 Å². The van der Waals surface area contributed by atoms with Crippen molar-refractivity contribution in [1.29, 1.82) is 0 Å². The Kier molecular flexibility index (Phi) is 3.61. The van der Waals surface area contributed by atoms with Crippen LogP contribution in [0.25, 0.3) is 0 Å². The Bertz CT molecular complexity index is 603. The first-order valence-corrected chi connectivity index (χ1v) is 7.91. The first kappa shape index (κ1) is 13.4. The fourth-order valence-electron chi connectivity index (χ4n) is 2.96. The van der Waals surface area contributed by atoms with Gasteiger partial charge in [0.1, 0.15) is 5.82 Å². The molecule has 1 amide bonds.